The second-order valence-electron chi connectivity index (χ2n) is 5.40. The van der Waals surface area contributed by atoms with Crippen LogP contribution in [0.3, 0.4) is 0 Å². The molecule has 0 aromatic rings. The van der Waals surface area contributed by atoms with Crippen LogP contribution in [0.25, 0.3) is 0 Å². The van der Waals surface area contributed by atoms with E-state index in [0.717, 1.165) is 19.4 Å². The molecule has 1 N–H and O–H groups in total. The zero-order chi connectivity index (χ0) is 13.9. The summed E-state index contributed by atoms with van der Waals surface area (Å²) in [6.45, 7) is 8.51. The number of carbonyl (C=O) groups excluding carboxylic acids is 1. The SMILES string of the molecule is CCC(C)N(CC(=O)O)C(=O)N1CC(C)CC1C. The Kier molecular flexibility index (Phi) is 4.99. The number of carboxylic acid groups (broad SMARTS) is 1. The van der Waals surface area contributed by atoms with Gasteiger partial charge in [0.05, 0.1) is 0 Å². The molecule has 104 valence electrons. The van der Waals surface area contributed by atoms with Crippen LogP contribution < -0.4 is 0 Å². The van der Waals surface area contributed by atoms with E-state index >= 15 is 0 Å². The van der Waals surface area contributed by atoms with Crippen LogP contribution in [0, 0.1) is 5.92 Å². The average molecular weight is 256 g/mol. The Balaban J connectivity index is 2.78. The van der Waals surface area contributed by atoms with Crippen molar-refractivity contribution in [2.75, 3.05) is 13.1 Å². The zero-order valence-electron chi connectivity index (χ0n) is 11.7. The minimum Gasteiger partial charge on any atom is -0.480 e. The van der Waals surface area contributed by atoms with Crippen LogP contribution in [0.1, 0.15) is 40.5 Å². The molecular formula is C13H24N2O3. The predicted octanol–water partition coefficient (Wildman–Crippen LogP) is 2.02. The van der Waals surface area contributed by atoms with Crippen molar-refractivity contribution in [1.29, 1.82) is 0 Å². The van der Waals surface area contributed by atoms with Gasteiger partial charge in [-0.3, -0.25) is 4.79 Å². The fraction of sp³-hybridized carbons (Fsp3) is 0.846. The predicted molar refractivity (Wildman–Crippen MR) is 69.4 cm³/mol. The number of carboxylic acids is 1. The van der Waals surface area contributed by atoms with Gasteiger partial charge in [0.15, 0.2) is 0 Å². The lowest BCUT2D eigenvalue weighted by Gasteiger charge is -2.33. The van der Waals surface area contributed by atoms with E-state index in [4.69, 9.17) is 5.11 Å². The molecule has 0 aromatic carbocycles. The molecule has 5 heteroatoms. The first-order valence-corrected chi connectivity index (χ1v) is 6.65. The maximum atomic E-state index is 12.4. The summed E-state index contributed by atoms with van der Waals surface area (Å²) in [6.07, 6.45) is 1.75. The maximum absolute atomic E-state index is 12.4. The second kappa shape index (κ2) is 6.07. The van der Waals surface area contributed by atoms with E-state index in [0.29, 0.717) is 5.92 Å². The number of likely N-dealkylation sites (tertiary alicyclic amines) is 1. The molecule has 0 aliphatic carbocycles. The monoisotopic (exact) mass is 256 g/mol. The van der Waals surface area contributed by atoms with Crippen molar-refractivity contribution >= 4 is 12.0 Å². The first kappa shape index (κ1) is 14.8. The molecule has 1 fully saturated rings. The number of rotatable bonds is 4. The molecule has 1 aliphatic rings. The summed E-state index contributed by atoms with van der Waals surface area (Å²) < 4.78 is 0. The van der Waals surface area contributed by atoms with Crippen LogP contribution in [0.15, 0.2) is 0 Å². The van der Waals surface area contributed by atoms with Crippen LogP contribution in [-0.4, -0.2) is 52.1 Å². The first-order chi connectivity index (χ1) is 8.36. The molecule has 2 amide bonds. The summed E-state index contributed by atoms with van der Waals surface area (Å²) >= 11 is 0. The van der Waals surface area contributed by atoms with E-state index in [1.807, 2.05) is 20.8 Å². The number of hydrogen-bond donors (Lipinski definition) is 1. The summed E-state index contributed by atoms with van der Waals surface area (Å²) in [7, 11) is 0. The Morgan fingerprint density at radius 2 is 2.06 bits per heavy atom. The van der Waals surface area contributed by atoms with Crippen molar-refractivity contribution in [3.05, 3.63) is 0 Å². The lowest BCUT2D eigenvalue weighted by atomic mass is 10.1. The average Bonchev–Trinajstić information content (AvgIpc) is 2.63. The van der Waals surface area contributed by atoms with E-state index in [9.17, 15) is 9.59 Å². The van der Waals surface area contributed by atoms with Crippen molar-refractivity contribution < 1.29 is 14.7 Å². The van der Waals surface area contributed by atoms with Gasteiger partial charge in [0.2, 0.25) is 0 Å². The third-order valence-electron chi connectivity index (χ3n) is 3.70. The Bertz CT molecular complexity index is 319. The summed E-state index contributed by atoms with van der Waals surface area (Å²) in [6, 6.07) is 0.0214. The first-order valence-electron chi connectivity index (χ1n) is 6.65. The molecular weight excluding hydrogens is 232 g/mol. The van der Waals surface area contributed by atoms with Crippen molar-refractivity contribution in [1.82, 2.24) is 9.80 Å². The van der Waals surface area contributed by atoms with E-state index in [1.54, 1.807) is 4.90 Å². The highest BCUT2D eigenvalue weighted by Gasteiger charge is 2.34. The van der Waals surface area contributed by atoms with Gasteiger partial charge in [-0.2, -0.15) is 0 Å². The molecule has 5 nitrogen and oxygen atoms in total. The normalized spacial score (nSPS) is 25.0. The van der Waals surface area contributed by atoms with Crippen molar-refractivity contribution in [3.8, 4) is 0 Å². The molecule has 0 aromatic heterocycles. The Morgan fingerprint density at radius 1 is 1.44 bits per heavy atom. The number of nitrogens with zero attached hydrogens (tertiary/aromatic N) is 2. The summed E-state index contributed by atoms with van der Waals surface area (Å²) in [5.41, 5.74) is 0. The van der Waals surface area contributed by atoms with Crippen LogP contribution in [0.5, 0.6) is 0 Å². The van der Waals surface area contributed by atoms with Gasteiger partial charge in [-0.25, -0.2) is 4.79 Å². The highest BCUT2D eigenvalue weighted by Crippen LogP contribution is 2.24. The van der Waals surface area contributed by atoms with E-state index in [2.05, 4.69) is 6.92 Å². The number of urea groups is 1. The summed E-state index contributed by atoms with van der Waals surface area (Å²) in [5.74, 6) is -0.462. The zero-order valence-corrected chi connectivity index (χ0v) is 11.7. The van der Waals surface area contributed by atoms with Gasteiger partial charge in [-0.05, 0) is 32.6 Å². The Labute approximate surface area is 109 Å². The van der Waals surface area contributed by atoms with Gasteiger partial charge >= 0.3 is 12.0 Å². The van der Waals surface area contributed by atoms with Gasteiger partial charge in [-0.15, -0.1) is 0 Å². The van der Waals surface area contributed by atoms with Crippen LogP contribution in [0.4, 0.5) is 4.79 Å². The maximum Gasteiger partial charge on any atom is 0.323 e. The number of carbonyl (C=O) groups is 2. The fourth-order valence-corrected chi connectivity index (χ4v) is 2.51. The van der Waals surface area contributed by atoms with Gasteiger partial charge in [0.25, 0.3) is 0 Å². The van der Waals surface area contributed by atoms with Crippen LogP contribution >= 0.6 is 0 Å². The second-order valence-corrected chi connectivity index (χ2v) is 5.40. The molecule has 1 rings (SSSR count). The van der Waals surface area contributed by atoms with Crippen molar-refractivity contribution in [3.63, 3.8) is 0 Å². The molecule has 3 atom stereocenters. The third kappa shape index (κ3) is 3.37. The highest BCUT2D eigenvalue weighted by atomic mass is 16.4. The number of aliphatic carboxylic acids is 1. The molecule has 1 saturated heterocycles. The number of hydrogen-bond acceptors (Lipinski definition) is 2. The van der Waals surface area contributed by atoms with E-state index in [-0.39, 0.29) is 24.7 Å². The lowest BCUT2D eigenvalue weighted by molar-refractivity contribution is -0.138. The van der Waals surface area contributed by atoms with Crippen LogP contribution in [-0.2, 0) is 4.79 Å². The van der Waals surface area contributed by atoms with Crippen LogP contribution in [0.2, 0.25) is 0 Å². The lowest BCUT2D eigenvalue weighted by Crippen LogP contribution is -2.50. The molecule has 0 spiro atoms. The van der Waals surface area contributed by atoms with Gasteiger partial charge in [0.1, 0.15) is 6.54 Å². The molecule has 0 saturated carbocycles. The smallest absolute Gasteiger partial charge is 0.323 e. The molecule has 0 radical (unpaired) electrons. The quantitative estimate of drug-likeness (QED) is 0.837. The minimum atomic E-state index is -0.955. The number of amides is 2. The van der Waals surface area contributed by atoms with Gasteiger partial charge in [0, 0.05) is 18.6 Å². The molecule has 0 bridgehead atoms. The Hall–Kier alpha value is -1.26. The molecule has 3 unspecified atom stereocenters. The molecule has 1 aliphatic heterocycles. The van der Waals surface area contributed by atoms with Crippen molar-refractivity contribution in [2.45, 2.75) is 52.6 Å². The van der Waals surface area contributed by atoms with Gasteiger partial charge in [-0.1, -0.05) is 13.8 Å². The highest BCUT2D eigenvalue weighted by molar-refractivity contribution is 5.80. The fourth-order valence-electron chi connectivity index (χ4n) is 2.51. The minimum absolute atomic E-state index is 0.0447. The third-order valence-corrected chi connectivity index (χ3v) is 3.70. The standard InChI is InChI=1S/C13H24N2O3/c1-5-10(3)15(8-12(16)17)13(18)14-7-9(2)6-11(14)4/h9-11H,5-8H2,1-4H3,(H,16,17). The largest absolute Gasteiger partial charge is 0.480 e. The topological polar surface area (TPSA) is 60.9 Å². The molecule has 18 heavy (non-hydrogen) atoms. The van der Waals surface area contributed by atoms with Crippen molar-refractivity contribution in [2.24, 2.45) is 5.92 Å². The summed E-state index contributed by atoms with van der Waals surface area (Å²) in [5, 5.41) is 8.93. The Morgan fingerprint density at radius 3 is 2.44 bits per heavy atom. The van der Waals surface area contributed by atoms with E-state index < -0.39 is 5.97 Å². The molecule has 1 heterocycles. The van der Waals surface area contributed by atoms with E-state index in [1.165, 1.54) is 4.90 Å². The summed E-state index contributed by atoms with van der Waals surface area (Å²) in [4.78, 5) is 26.6. The van der Waals surface area contributed by atoms with Gasteiger partial charge < -0.3 is 14.9 Å².